The van der Waals surface area contributed by atoms with E-state index in [1.165, 1.54) is 0 Å². The van der Waals surface area contributed by atoms with Crippen LogP contribution in [-0.4, -0.2) is 120 Å². The summed E-state index contributed by atoms with van der Waals surface area (Å²) in [4.78, 5) is 62.3. The highest BCUT2D eigenvalue weighted by Gasteiger charge is 2.55. The lowest BCUT2D eigenvalue weighted by Gasteiger charge is -2.49. The van der Waals surface area contributed by atoms with Crippen molar-refractivity contribution in [2.75, 3.05) is 39.6 Å². The van der Waals surface area contributed by atoms with Gasteiger partial charge in [-0.1, -0.05) is 179 Å². The standard InChI is InChI=1S/C33H52O4.C20H34O4.H4O7P2.H4O5P2/c1-28(2,3)22-13-15-24(26(17-22)30(7,8)9)33(37,32(19-34,20-35)21-36)25-16-14-23(29(4,5)6)18-27(25)31(10,11)12;1-13-8-14(18(2,3)4)16(15(9-13)19(5,6)7)17(24)20(10-21,11-22)12-23;1-8(2,3)7-9(4,5)6;1-6(2)5-7(3)4/h13-18,34-37H,19-21H2,1-12H3;8-9,17,21-24H,10-12H2,1-7H3;(H2,1,2,3)(H2,4,5,6);1-4H. The molecule has 0 heterocycles. The summed E-state index contributed by atoms with van der Waals surface area (Å²) < 4.78 is 25.8. The van der Waals surface area contributed by atoms with Crippen molar-refractivity contribution in [1.82, 2.24) is 0 Å². The molecule has 0 amide bonds. The highest BCUT2D eigenvalue weighted by molar-refractivity contribution is 7.60. The average molecular weight is 1180 g/mol. The summed E-state index contributed by atoms with van der Waals surface area (Å²) in [7, 11) is -15.3. The van der Waals surface area contributed by atoms with E-state index in [9.17, 15) is 50.0 Å². The molecule has 0 saturated carbocycles. The zero-order chi connectivity index (χ0) is 61.3. The molecular weight excluding hydrogens is 1080 g/mol. The summed E-state index contributed by atoms with van der Waals surface area (Å²) in [5, 5.41) is 85.6. The van der Waals surface area contributed by atoms with Crippen LogP contribution in [0.5, 0.6) is 0 Å². The molecule has 0 fully saturated rings. The molecule has 0 spiro atoms. The third-order valence-electron chi connectivity index (χ3n) is 12.9. The second-order valence-electron chi connectivity index (χ2n) is 25.6. The number of phosphoric acid groups is 2. The fourth-order valence-electron chi connectivity index (χ4n) is 8.36. The second-order valence-corrected chi connectivity index (χ2v) is 29.9. The monoisotopic (exact) mass is 1170 g/mol. The van der Waals surface area contributed by atoms with Gasteiger partial charge >= 0.3 is 32.9 Å². The van der Waals surface area contributed by atoms with Crippen LogP contribution in [0.4, 0.5) is 0 Å². The van der Waals surface area contributed by atoms with Gasteiger partial charge in [-0.2, -0.15) is 4.31 Å². The highest BCUT2D eigenvalue weighted by atomic mass is 31.3. The molecule has 24 heteroatoms. The zero-order valence-corrected chi connectivity index (χ0v) is 52.1. The molecule has 0 bridgehead atoms. The minimum Gasteiger partial charge on any atom is -0.395 e. The molecule has 3 aromatic rings. The van der Waals surface area contributed by atoms with E-state index in [2.05, 4.69) is 145 Å². The van der Waals surface area contributed by atoms with E-state index in [-0.39, 0.29) is 32.5 Å². The summed E-state index contributed by atoms with van der Waals surface area (Å²) in [5.74, 6) is 0. The molecule has 446 valence electrons. The third kappa shape index (κ3) is 21.2. The number of aliphatic hydroxyl groups is 8. The summed E-state index contributed by atoms with van der Waals surface area (Å²) in [6.45, 7) is 36.7. The first-order valence-corrected chi connectivity index (χ1v) is 30.0. The van der Waals surface area contributed by atoms with Crippen molar-refractivity contribution in [3.8, 4) is 0 Å². The number of aliphatic hydroxyl groups excluding tert-OH is 7. The van der Waals surface area contributed by atoms with E-state index >= 15 is 0 Å². The van der Waals surface area contributed by atoms with Crippen molar-refractivity contribution >= 4 is 32.9 Å². The van der Waals surface area contributed by atoms with Gasteiger partial charge in [0.05, 0.1) is 56.6 Å². The topological polar surface area (TPSA) is 376 Å². The Labute approximate surface area is 459 Å². The van der Waals surface area contributed by atoms with Gasteiger partial charge in [0, 0.05) is 0 Å². The minimum absolute atomic E-state index is 0.108. The maximum absolute atomic E-state index is 13.1. The van der Waals surface area contributed by atoms with Crippen molar-refractivity contribution in [2.45, 2.75) is 176 Å². The lowest BCUT2D eigenvalue weighted by molar-refractivity contribution is -0.137. The molecule has 77 heavy (non-hydrogen) atoms. The smallest absolute Gasteiger partial charge is 0.395 e. The van der Waals surface area contributed by atoms with Crippen molar-refractivity contribution < 1.29 is 97.8 Å². The van der Waals surface area contributed by atoms with Gasteiger partial charge in [-0.3, -0.25) is 0 Å². The van der Waals surface area contributed by atoms with Crippen LogP contribution in [0, 0.1) is 17.8 Å². The van der Waals surface area contributed by atoms with Crippen LogP contribution in [0.3, 0.4) is 0 Å². The summed E-state index contributed by atoms with van der Waals surface area (Å²) >= 11 is 0. The van der Waals surface area contributed by atoms with Crippen LogP contribution in [-0.2, 0) is 55.8 Å². The van der Waals surface area contributed by atoms with Crippen molar-refractivity contribution in [3.63, 3.8) is 0 Å². The van der Waals surface area contributed by atoms with E-state index in [1.54, 1.807) is 0 Å². The fourth-order valence-corrected chi connectivity index (χ4v) is 9.99. The number of aryl methyl sites for hydroxylation is 1. The van der Waals surface area contributed by atoms with Crippen LogP contribution in [0.15, 0.2) is 48.5 Å². The van der Waals surface area contributed by atoms with E-state index in [0.29, 0.717) is 16.7 Å². The quantitative estimate of drug-likeness (QED) is 0.0665. The number of benzene rings is 3. The Morgan fingerprint density at radius 3 is 0.922 bits per heavy atom. The van der Waals surface area contributed by atoms with Gasteiger partial charge in [0.15, 0.2) is 0 Å². The molecule has 0 saturated heterocycles. The lowest BCUT2D eigenvalue weighted by atomic mass is 9.60. The molecule has 3 aromatic carbocycles. The SMILES string of the molecule is CC(C)(C)c1ccc(C(O)(c2ccc(C(C)(C)C)cc2C(C)(C)C)C(CO)(CO)CO)c(C(C)(C)C)c1.Cc1cc(C(C)(C)C)c(C(O)C(CO)(CO)CO)c(C(C)(C)C)c1.O=P(O)(O)OP(=O)(O)O.OP(O)OP(O)O. The van der Waals surface area contributed by atoms with E-state index < -0.39 is 95.0 Å². The molecule has 16 N–H and O–H groups in total. The maximum Gasteiger partial charge on any atom is 0.478 e. The van der Waals surface area contributed by atoms with Crippen molar-refractivity contribution in [3.05, 3.63) is 104 Å². The fraction of sp³-hybridized carbons (Fsp3) is 0.660. The predicted octanol–water partition coefficient (Wildman–Crippen LogP) is 7.28. The van der Waals surface area contributed by atoms with E-state index in [0.717, 1.165) is 38.9 Å². The van der Waals surface area contributed by atoms with Crippen LogP contribution in [0.1, 0.15) is 186 Å². The molecule has 0 aliphatic carbocycles. The predicted molar refractivity (Wildman–Crippen MR) is 301 cm³/mol. The van der Waals surface area contributed by atoms with Gasteiger partial charge in [0.25, 0.3) is 0 Å². The second kappa shape index (κ2) is 28.0. The number of hydrogen-bond donors (Lipinski definition) is 16. The van der Waals surface area contributed by atoms with Crippen molar-refractivity contribution in [1.29, 1.82) is 0 Å². The third-order valence-corrected chi connectivity index (χ3v) is 15.8. The molecule has 3 rings (SSSR count). The first kappa shape index (κ1) is 75.3. The number of hydrogen-bond acceptors (Lipinski definition) is 16. The Kier molecular flexibility index (Phi) is 27.4. The van der Waals surface area contributed by atoms with Crippen LogP contribution < -0.4 is 0 Å². The van der Waals surface area contributed by atoms with Gasteiger partial charge in [-0.25, -0.2) is 13.4 Å². The molecule has 0 radical (unpaired) electrons. The number of rotatable bonds is 15. The Morgan fingerprint density at radius 1 is 0.455 bits per heavy atom. The highest BCUT2D eigenvalue weighted by Crippen LogP contribution is 2.54. The van der Waals surface area contributed by atoms with Gasteiger partial charge in [-0.05, 0) is 89.5 Å². The van der Waals surface area contributed by atoms with Crippen LogP contribution in [0.2, 0.25) is 0 Å². The Hall–Kier alpha value is -1.74. The largest absolute Gasteiger partial charge is 0.478 e. The average Bonchev–Trinajstić information content (AvgIpc) is 3.24. The lowest BCUT2D eigenvalue weighted by Crippen LogP contribution is -2.55. The maximum atomic E-state index is 13.1. The molecule has 1 atom stereocenters. The van der Waals surface area contributed by atoms with Gasteiger partial charge in [0.2, 0.25) is 0 Å². The minimum atomic E-state index is -5.05. The van der Waals surface area contributed by atoms with E-state index in [4.69, 9.17) is 39.1 Å². The Bertz CT molecular complexity index is 2270. The molecule has 0 aliphatic heterocycles. The van der Waals surface area contributed by atoms with Crippen molar-refractivity contribution in [2.24, 2.45) is 10.8 Å². The summed E-state index contributed by atoms with van der Waals surface area (Å²) in [5.41, 5.74) is 2.78. The molecule has 0 aromatic heterocycles. The summed E-state index contributed by atoms with van der Waals surface area (Å²) in [6, 6.07) is 16.3. The van der Waals surface area contributed by atoms with Gasteiger partial charge < -0.3 is 80.0 Å². The van der Waals surface area contributed by atoms with Gasteiger partial charge in [-0.15, -0.1) is 0 Å². The Morgan fingerprint density at radius 2 is 0.740 bits per heavy atom. The summed E-state index contributed by atoms with van der Waals surface area (Å²) in [6.07, 6.45) is -1.17. The normalized spacial score (nSPS) is 14.1. The Balaban J connectivity index is 0.00000122. The molecule has 20 nitrogen and oxygen atoms in total. The first-order valence-electron chi connectivity index (χ1n) is 24.7. The molecule has 1 unspecified atom stereocenters. The van der Waals surface area contributed by atoms with E-state index in [1.807, 2.05) is 43.3 Å². The first-order chi connectivity index (χ1) is 34.3. The molecule has 0 aliphatic rings. The van der Waals surface area contributed by atoms with Crippen LogP contribution >= 0.6 is 32.9 Å². The zero-order valence-electron chi connectivity index (χ0n) is 48.5. The van der Waals surface area contributed by atoms with Gasteiger partial charge in [0.1, 0.15) is 5.60 Å². The molecular formula is C53H94O20P4. The van der Waals surface area contributed by atoms with Crippen LogP contribution in [0.25, 0.3) is 0 Å².